The Hall–Kier alpha value is -4.33. The number of carbonyl (C=O) groups is 3. The first-order chi connectivity index (χ1) is 19.1. The third-order valence-corrected chi connectivity index (χ3v) is 6.58. The van der Waals surface area contributed by atoms with Gasteiger partial charge in [0, 0.05) is 18.8 Å². The summed E-state index contributed by atoms with van der Waals surface area (Å²) in [4.78, 5) is 40.7. The van der Waals surface area contributed by atoms with Gasteiger partial charge in [-0.3, -0.25) is 10.1 Å². The predicted molar refractivity (Wildman–Crippen MR) is 154 cm³/mol. The minimum Gasteiger partial charge on any atom is -0.445 e. The molecule has 3 aromatic carbocycles. The highest BCUT2D eigenvalue weighted by Crippen LogP contribution is 2.27. The molecular formula is C32H37N3O5. The van der Waals surface area contributed by atoms with Gasteiger partial charge in [0.05, 0.1) is 0 Å². The van der Waals surface area contributed by atoms with Crippen molar-refractivity contribution >= 4 is 23.8 Å². The maximum absolute atomic E-state index is 13.8. The summed E-state index contributed by atoms with van der Waals surface area (Å²) in [6.07, 6.45) is -0.166. The SMILES string of the molecule is Cc1cc2c(cc1NC(=O)OC(C)(C)C)CN(Cc1ccccc1)C(=O)[C@H](NC(=O)OCc1ccccc1)CC2. The van der Waals surface area contributed by atoms with Crippen LogP contribution in [0.5, 0.6) is 0 Å². The highest BCUT2D eigenvalue weighted by Gasteiger charge is 2.30. The van der Waals surface area contributed by atoms with Crippen molar-refractivity contribution in [2.45, 2.75) is 71.9 Å². The summed E-state index contributed by atoms with van der Waals surface area (Å²) < 4.78 is 10.8. The summed E-state index contributed by atoms with van der Waals surface area (Å²) in [5.41, 5.74) is 4.74. The molecule has 3 aromatic rings. The molecule has 210 valence electrons. The van der Waals surface area contributed by atoms with E-state index in [4.69, 9.17) is 9.47 Å². The number of amides is 3. The van der Waals surface area contributed by atoms with Gasteiger partial charge in [-0.25, -0.2) is 9.59 Å². The van der Waals surface area contributed by atoms with Gasteiger partial charge < -0.3 is 19.7 Å². The summed E-state index contributed by atoms with van der Waals surface area (Å²) in [6, 6.07) is 22.3. The summed E-state index contributed by atoms with van der Waals surface area (Å²) in [5.74, 6) is -0.187. The third kappa shape index (κ3) is 8.09. The molecule has 0 spiro atoms. The van der Waals surface area contributed by atoms with E-state index in [0.29, 0.717) is 31.6 Å². The Balaban J connectivity index is 1.55. The standard InChI is InChI=1S/C32H37N3O5/c1-22-17-25-15-16-27(33-30(37)39-21-24-13-9-6-10-14-24)29(36)35(19-23-11-7-5-8-12-23)20-26(25)18-28(22)34-31(38)40-32(2,3)4/h5-14,17-18,27H,15-16,19-21H2,1-4H3,(H,33,37)(H,34,38)/t27-/m1/s1. The number of ether oxygens (including phenoxy) is 2. The van der Waals surface area contributed by atoms with Crippen molar-refractivity contribution in [1.82, 2.24) is 10.2 Å². The topological polar surface area (TPSA) is 97.0 Å². The Labute approximate surface area is 235 Å². The maximum Gasteiger partial charge on any atom is 0.412 e. The quantitative estimate of drug-likeness (QED) is 0.391. The summed E-state index contributed by atoms with van der Waals surface area (Å²) >= 11 is 0. The van der Waals surface area contributed by atoms with E-state index in [-0.39, 0.29) is 12.5 Å². The molecule has 0 aromatic heterocycles. The van der Waals surface area contributed by atoms with Gasteiger partial charge in [-0.15, -0.1) is 0 Å². The Morgan fingerprint density at radius 1 is 0.925 bits per heavy atom. The minimum atomic E-state index is -0.736. The molecule has 8 heteroatoms. The van der Waals surface area contributed by atoms with Gasteiger partial charge in [0.15, 0.2) is 0 Å². The zero-order valence-electron chi connectivity index (χ0n) is 23.5. The number of aryl methyl sites for hydroxylation is 2. The van der Waals surface area contributed by atoms with E-state index in [1.165, 1.54) is 0 Å². The van der Waals surface area contributed by atoms with E-state index in [1.807, 2.05) is 100 Å². The van der Waals surface area contributed by atoms with Gasteiger partial charge in [-0.05, 0) is 74.4 Å². The van der Waals surface area contributed by atoms with Crippen LogP contribution in [0.1, 0.15) is 55.0 Å². The number of nitrogens with zero attached hydrogens (tertiary/aromatic N) is 1. The number of hydrogen-bond donors (Lipinski definition) is 2. The van der Waals surface area contributed by atoms with Crippen molar-refractivity contribution in [3.05, 3.63) is 101 Å². The van der Waals surface area contributed by atoms with Crippen molar-refractivity contribution in [3.8, 4) is 0 Å². The Morgan fingerprint density at radius 3 is 2.23 bits per heavy atom. The number of alkyl carbamates (subject to hydrolysis) is 1. The molecule has 0 saturated carbocycles. The first kappa shape index (κ1) is 28.7. The molecule has 8 nitrogen and oxygen atoms in total. The van der Waals surface area contributed by atoms with E-state index in [9.17, 15) is 14.4 Å². The van der Waals surface area contributed by atoms with Crippen molar-refractivity contribution in [2.24, 2.45) is 0 Å². The van der Waals surface area contributed by atoms with Crippen LogP contribution in [0.25, 0.3) is 0 Å². The zero-order valence-corrected chi connectivity index (χ0v) is 23.5. The van der Waals surface area contributed by atoms with Crippen LogP contribution in [-0.4, -0.2) is 34.6 Å². The molecule has 40 heavy (non-hydrogen) atoms. The van der Waals surface area contributed by atoms with E-state index in [0.717, 1.165) is 27.8 Å². The Morgan fingerprint density at radius 2 is 1.57 bits per heavy atom. The minimum absolute atomic E-state index is 0.122. The molecular weight excluding hydrogens is 506 g/mol. The lowest BCUT2D eigenvalue weighted by molar-refractivity contribution is -0.135. The lowest BCUT2D eigenvalue weighted by Crippen LogP contribution is -2.49. The molecule has 0 unspecified atom stereocenters. The van der Waals surface area contributed by atoms with E-state index in [1.54, 1.807) is 4.90 Å². The predicted octanol–water partition coefficient (Wildman–Crippen LogP) is 6.11. The summed E-state index contributed by atoms with van der Waals surface area (Å²) in [6.45, 7) is 8.19. The Kier molecular flexibility index (Phi) is 9.09. The van der Waals surface area contributed by atoms with Crippen LogP contribution < -0.4 is 10.6 Å². The molecule has 3 amide bonds. The van der Waals surface area contributed by atoms with Crippen LogP contribution in [0.3, 0.4) is 0 Å². The van der Waals surface area contributed by atoms with Crippen molar-refractivity contribution in [3.63, 3.8) is 0 Å². The van der Waals surface area contributed by atoms with Crippen LogP contribution in [0.15, 0.2) is 72.8 Å². The van der Waals surface area contributed by atoms with Crippen LogP contribution in [0, 0.1) is 6.92 Å². The monoisotopic (exact) mass is 543 g/mol. The second-order valence-electron chi connectivity index (χ2n) is 11.0. The molecule has 0 saturated heterocycles. The average Bonchev–Trinajstić information content (AvgIpc) is 2.90. The lowest BCUT2D eigenvalue weighted by atomic mass is 9.93. The number of fused-ring (bicyclic) bond motifs is 1. The van der Waals surface area contributed by atoms with Gasteiger partial charge in [0.25, 0.3) is 0 Å². The van der Waals surface area contributed by atoms with Crippen LogP contribution in [0.2, 0.25) is 0 Å². The highest BCUT2D eigenvalue weighted by molar-refractivity contribution is 5.87. The third-order valence-electron chi connectivity index (χ3n) is 6.58. The molecule has 0 fully saturated rings. The molecule has 1 aliphatic heterocycles. The molecule has 0 bridgehead atoms. The van der Waals surface area contributed by atoms with E-state index >= 15 is 0 Å². The molecule has 2 N–H and O–H groups in total. The number of carbonyl (C=O) groups excluding carboxylic acids is 3. The Bertz CT molecular complexity index is 1340. The van der Waals surface area contributed by atoms with Crippen LogP contribution in [0.4, 0.5) is 15.3 Å². The van der Waals surface area contributed by atoms with Gasteiger partial charge in [-0.1, -0.05) is 66.7 Å². The van der Waals surface area contributed by atoms with Crippen molar-refractivity contribution in [2.75, 3.05) is 5.32 Å². The number of anilines is 1. The number of rotatable bonds is 6. The average molecular weight is 544 g/mol. The first-order valence-electron chi connectivity index (χ1n) is 13.5. The van der Waals surface area contributed by atoms with Gasteiger partial charge in [0.2, 0.25) is 5.91 Å². The number of nitrogens with one attached hydrogen (secondary N) is 2. The largest absolute Gasteiger partial charge is 0.445 e. The smallest absolute Gasteiger partial charge is 0.412 e. The molecule has 1 aliphatic rings. The van der Waals surface area contributed by atoms with Gasteiger partial charge >= 0.3 is 12.2 Å². The molecule has 4 rings (SSSR count). The van der Waals surface area contributed by atoms with Crippen LogP contribution >= 0.6 is 0 Å². The second-order valence-corrected chi connectivity index (χ2v) is 11.0. The van der Waals surface area contributed by atoms with Crippen molar-refractivity contribution < 1.29 is 23.9 Å². The first-order valence-corrected chi connectivity index (χ1v) is 13.5. The van der Waals surface area contributed by atoms with E-state index < -0.39 is 23.8 Å². The van der Waals surface area contributed by atoms with E-state index in [2.05, 4.69) is 10.6 Å². The highest BCUT2D eigenvalue weighted by atomic mass is 16.6. The van der Waals surface area contributed by atoms with Crippen molar-refractivity contribution in [1.29, 1.82) is 0 Å². The summed E-state index contributed by atoms with van der Waals surface area (Å²) in [5, 5.41) is 5.65. The molecule has 0 aliphatic carbocycles. The zero-order chi connectivity index (χ0) is 28.7. The summed E-state index contributed by atoms with van der Waals surface area (Å²) in [7, 11) is 0. The molecule has 1 atom stereocenters. The molecule has 0 radical (unpaired) electrons. The number of hydrogen-bond acceptors (Lipinski definition) is 5. The fourth-order valence-electron chi connectivity index (χ4n) is 4.65. The normalized spacial score (nSPS) is 15.3. The molecule has 1 heterocycles. The van der Waals surface area contributed by atoms with Gasteiger partial charge in [0.1, 0.15) is 18.2 Å². The van der Waals surface area contributed by atoms with Crippen LogP contribution in [-0.2, 0) is 40.4 Å². The fraction of sp³-hybridized carbons (Fsp3) is 0.344. The van der Waals surface area contributed by atoms with Gasteiger partial charge in [-0.2, -0.15) is 0 Å². The number of benzene rings is 3. The second kappa shape index (κ2) is 12.7. The maximum atomic E-state index is 13.8. The lowest BCUT2D eigenvalue weighted by Gasteiger charge is -2.32. The fourth-order valence-corrected chi connectivity index (χ4v) is 4.65.